The molecular formula is C29H32N6O2. The molecule has 190 valence electrons. The van der Waals surface area contributed by atoms with Crippen molar-refractivity contribution in [3.8, 4) is 40.0 Å². The molecule has 5 rings (SSSR count). The quantitative estimate of drug-likeness (QED) is 0.358. The molecule has 0 aliphatic carbocycles. The van der Waals surface area contributed by atoms with E-state index in [4.69, 9.17) is 14.2 Å². The van der Waals surface area contributed by atoms with Gasteiger partial charge in [-0.3, -0.25) is 9.97 Å². The van der Waals surface area contributed by atoms with E-state index in [1.54, 1.807) is 12.4 Å². The first-order valence-electron chi connectivity index (χ1n) is 12.5. The van der Waals surface area contributed by atoms with E-state index in [-0.39, 0.29) is 1.43 Å². The molecule has 1 fully saturated rings. The second kappa shape index (κ2) is 10.6. The van der Waals surface area contributed by atoms with Crippen LogP contribution in [0.25, 0.3) is 34.0 Å². The first-order valence-corrected chi connectivity index (χ1v) is 12.5. The van der Waals surface area contributed by atoms with Gasteiger partial charge in [0.1, 0.15) is 11.4 Å². The lowest BCUT2D eigenvalue weighted by molar-refractivity contribution is 0.0776. The number of rotatable bonds is 7. The summed E-state index contributed by atoms with van der Waals surface area (Å²) in [6, 6.07) is 16.8. The average Bonchev–Trinajstić information content (AvgIpc) is 3.43. The first kappa shape index (κ1) is 24.8. The average molecular weight is 497 g/mol. The fourth-order valence-electron chi connectivity index (χ4n) is 4.29. The Morgan fingerprint density at radius 1 is 1.05 bits per heavy atom. The van der Waals surface area contributed by atoms with E-state index in [0.717, 1.165) is 55.1 Å². The standard InChI is InChI=1S/C29H30N6O2.H2/c1-19-28(34-25(17-32-19)22-8-11-31-27(14-22)29(2,3)18-30)26-15-24(35-37-26)21-6-4-20(5-7-21)16-33-23-9-12-36-13-10-23;/h4-8,11,14-15,17,23,33H,9-10,12-13,16H2,1-3H3;1H. The summed E-state index contributed by atoms with van der Waals surface area (Å²) < 4.78 is 11.1. The molecule has 1 aromatic carbocycles. The molecule has 1 aliphatic heterocycles. The van der Waals surface area contributed by atoms with E-state index in [1.807, 2.05) is 39.0 Å². The first-order chi connectivity index (χ1) is 17.9. The van der Waals surface area contributed by atoms with Crippen LogP contribution in [0.15, 0.2) is 59.4 Å². The summed E-state index contributed by atoms with van der Waals surface area (Å²) in [4.78, 5) is 13.7. The van der Waals surface area contributed by atoms with Crippen LogP contribution in [0.5, 0.6) is 0 Å². The van der Waals surface area contributed by atoms with E-state index in [9.17, 15) is 5.26 Å². The van der Waals surface area contributed by atoms with Gasteiger partial charge in [-0.15, -0.1) is 0 Å². The normalized spacial score (nSPS) is 14.4. The fraction of sp³-hybridized carbons (Fsp3) is 0.345. The van der Waals surface area contributed by atoms with E-state index in [2.05, 4.69) is 50.8 Å². The van der Waals surface area contributed by atoms with Gasteiger partial charge in [-0.2, -0.15) is 5.26 Å². The van der Waals surface area contributed by atoms with E-state index in [0.29, 0.717) is 28.9 Å². The summed E-state index contributed by atoms with van der Waals surface area (Å²) in [5.41, 5.74) is 5.82. The molecule has 0 unspecified atom stereocenters. The van der Waals surface area contributed by atoms with Crippen LogP contribution >= 0.6 is 0 Å². The van der Waals surface area contributed by atoms with Crippen molar-refractivity contribution in [1.82, 2.24) is 25.4 Å². The second-order valence-electron chi connectivity index (χ2n) is 9.90. The van der Waals surface area contributed by atoms with Gasteiger partial charge in [0.25, 0.3) is 0 Å². The number of nitrogens with zero attached hydrogens (tertiary/aromatic N) is 5. The minimum absolute atomic E-state index is 0. The zero-order valence-electron chi connectivity index (χ0n) is 21.4. The number of nitrogens with one attached hydrogen (secondary N) is 1. The van der Waals surface area contributed by atoms with Crippen molar-refractivity contribution in [3.63, 3.8) is 0 Å². The predicted octanol–water partition coefficient (Wildman–Crippen LogP) is 5.48. The highest BCUT2D eigenvalue weighted by molar-refractivity contribution is 5.68. The Balaban J connectivity index is 0.00000336. The van der Waals surface area contributed by atoms with Crippen LogP contribution in [0.1, 0.15) is 45.1 Å². The van der Waals surface area contributed by atoms with Crippen LogP contribution in [-0.2, 0) is 16.7 Å². The molecule has 1 aliphatic rings. The van der Waals surface area contributed by atoms with Crippen LogP contribution in [0.2, 0.25) is 0 Å². The van der Waals surface area contributed by atoms with Crippen molar-refractivity contribution in [3.05, 3.63) is 71.8 Å². The highest BCUT2D eigenvalue weighted by atomic mass is 16.5. The van der Waals surface area contributed by atoms with Gasteiger partial charge in [0, 0.05) is 50.6 Å². The summed E-state index contributed by atoms with van der Waals surface area (Å²) in [5.74, 6) is 0.554. The van der Waals surface area contributed by atoms with Crippen molar-refractivity contribution in [1.29, 1.82) is 5.26 Å². The number of aryl methyl sites for hydroxylation is 1. The minimum atomic E-state index is -0.701. The maximum absolute atomic E-state index is 9.49. The van der Waals surface area contributed by atoms with Crippen molar-refractivity contribution in [2.24, 2.45) is 0 Å². The van der Waals surface area contributed by atoms with Gasteiger partial charge in [-0.25, -0.2) is 4.98 Å². The molecule has 0 amide bonds. The van der Waals surface area contributed by atoms with Crippen LogP contribution in [0, 0.1) is 18.3 Å². The van der Waals surface area contributed by atoms with Gasteiger partial charge in [0.2, 0.25) is 0 Å². The highest BCUT2D eigenvalue weighted by Gasteiger charge is 2.22. The van der Waals surface area contributed by atoms with Gasteiger partial charge in [0.15, 0.2) is 5.76 Å². The molecule has 4 aromatic rings. The summed E-state index contributed by atoms with van der Waals surface area (Å²) in [6.07, 6.45) is 5.54. The summed E-state index contributed by atoms with van der Waals surface area (Å²) in [6.45, 7) is 8.08. The van der Waals surface area contributed by atoms with Gasteiger partial charge in [0.05, 0.1) is 34.8 Å². The number of nitriles is 1. The number of hydrogen-bond donors (Lipinski definition) is 1. The van der Waals surface area contributed by atoms with Crippen molar-refractivity contribution >= 4 is 0 Å². The molecule has 37 heavy (non-hydrogen) atoms. The lowest BCUT2D eigenvalue weighted by Gasteiger charge is -2.23. The van der Waals surface area contributed by atoms with E-state index >= 15 is 0 Å². The highest BCUT2D eigenvalue weighted by Crippen LogP contribution is 2.30. The second-order valence-corrected chi connectivity index (χ2v) is 9.90. The Bertz CT molecular complexity index is 1420. The molecule has 0 atom stereocenters. The smallest absolute Gasteiger partial charge is 0.187 e. The number of benzene rings is 1. The van der Waals surface area contributed by atoms with Crippen LogP contribution < -0.4 is 5.32 Å². The topological polar surface area (TPSA) is 110 Å². The van der Waals surface area contributed by atoms with Gasteiger partial charge in [-0.05, 0) is 51.3 Å². The third-order valence-electron chi connectivity index (χ3n) is 6.74. The molecule has 8 nitrogen and oxygen atoms in total. The van der Waals surface area contributed by atoms with Crippen molar-refractivity contribution in [2.45, 2.75) is 51.6 Å². The van der Waals surface area contributed by atoms with Gasteiger partial charge in [-0.1, -0.05) is 29.4 Å². The molecule has 4 heterocycles. The molecule has 0 radical (unpaired) electrons. The lowest BCUT2D eigenvalue weighted by Crippen LogP contribution is -2.34. The Labute approximate surface area is 218 Å². The van der Waals surface area contributed by atoms with Crippen LogP contribution in [-0.4, -0.2) is 39.4 Å². The molecule has 3 aromatic heterocycles. The maximum atomic E-state index is 9.49. The molecule has 8 heteroatoms. The van der Waals surface area contributed by atoms with Crippen LogP contribution in [0.4, 0.5) is 0 Å². The Morgan fingerprint density at radius 3 is 2.59 bits per heavy atom. The van der Waals surface area contributed by atoms with Crippen LogP contribution in [0.3, 0.4) is 0 Å². The third-order valence-corrected chi connectivity index (χ3v) is 6.74. The third kappa shape index (κ3) is 5.58. The van der Waals surface area contributed by atoms with E-state index < -0.39 is 5.41 Å². The minimum Gasteiger partial charge on any atom is -0.381 e. The zero-order valence-corrected chi connectivity index (χ0v) is 21.4. The molecular weight excluding hydrogens is 464 g/mol. The van der Waals surface area contributed by atoms with Crippen molar-refractivity contribution < 1.29 is 10.7 Å². The molecule has 0 spiro atoms. The molecule has 0 bridgehead atoms. The molecule has 1 saturated heterocycles. The number of hydrogen-bond acceptors (Lipinski definition) is 8. The van der Waals surface area contributed by atoms with Crippen molar-refractivity contribution in [2.75, 3.05) is 13.2 Å². The Morgan fingerprint density at radius 2 is 1.84 bits per heavy atom. The largest absolute Gasteiger partial charge is 0.381 e. The summed E-state index contributed by atoms with van der Waals surface area (Å²) in [7, 11) is 0. The Kier molecular flexibility index (Phi) is 7.08. The van der Waals surface area contributed by atoms with Gasteiger partial charge < -0.3 is 14.6 Å². The molecule has 0 saturated carbocycles. The van der Waals surface area contributed by atoms with E-state index in [1.165, 1.54) is 5.56 Å². The fourth-order valence-corrected chi connectivity index (χ4v) is 4.29. The monoisotopic (exact) mass is 496 g/mol. The number of ether oxygens (including phenoxy) is 1. The predicted molar refractivity (Wildman–Crippen MR) is 142 cm³/mol. The number of pyridine rings is 1. The Hall–Kier alpha value is -3.93. The maximum Gasteiger partial charge on any atom is 0.187 e. The molecule has 1 N–H and O–H groups in total. The lowest BCUT2D eigenvalue weighted by atomic mass is 9.90. The summed E-state index contributed by atoms with van der Waals surface area (Å²) >= 11 is 0. The SMILES string of the molecule is Cc1ncc(-c2ccnc(C(C)(C)C#N)c2)nc1-c1cc(-c2ccc(CNC3CCOCC3)cc2)no1.[HH]. The zero-order chi connectivity index (χ0) is 25.8. The van der Waals surface area contributed by atoms with Gasteiger partial charge >= 0.3 is 0 Å². The number of aromatic nitrogens is 4. The summed E-state index contributed by atoms with van der Waals surface area (Å²) in [5, 5.41) is 17.4.